The second kappa shape index (κ2) is 12.7. The summed E-state index contributed by atoms with van der Waals surface area (Å²) in [6, 6.07) is 15.2. The number of carbonyl (C=O) groups excluding carboxylic acids is 1. The van der Waals surface area contributed by atoms with E-state index in [4.69, 9.17) is 16.6 Å². The zero-order chi connectivity index (χ0) is 28.1. The molecular weight excluding hydrogens is 530 g/mol. The quantitative estimate of drug-likeness (QED) is 0.236. The first-order valence-corrected chi connectivity index (χ1v) is 14.6. The van der Waals surface area contributed by atoms with E-state index < -0.39 is 0 Å². The Balaban J connectivity index is 2.04. The van der Waals surface area contributed by atoms with Gasteiger partial charge in [-0.3, -0.25) is 14.2 Å². The average molecular weight is 564 g/mol. The number of amides is 1. The average Bonchev–Trinajstić information content (AvgIpc) is 3.42. The number of hydrogen-bond donors (Lipinski definition) is 2. The second-order valence-corrected chi connectivity index (χ2v) is 11.1. The van der Waals surface area contributed by atoms with Crippen LogP contribution in [-0.2, 0) is 19.3 Å². The largest absolute Gasteiger partial charge is 0.395 e. The summed E-state index contributed by atoms with van der Waals surface area (Å²) in [6.07, 6.45) is 2.02. The minimum Gasteiger partial charge on any atom is -0.395 e. The van der Waals surface area contributed by atoms with Crippen LogP contribution in [0.3, 0.4) is 0 Å². The van der Waals surface area contributed by atoms with E-state index in [2.05, 4.69) is 33.0 Å². The van der Waals surface area contributed by atoms with Crippen molar-refractivity contribution in [3.63, 3.8) is 0 Å². The molecular formula is C31H34ClN3O3S. The van der Waals surface area contributed by atoms with Crippen LogP contribution in [0.5, 0.6) is 0 Å². The molecule has 0 spiro atoms. The highest BCUT2D eigenvalue weighted by Gasteiger charge is 2.25. The van der Waals surface area contributed by atoms with Crippen LogP contribution < -0.4 is 10.9 Å². The van der Waals surface area contributed by atoms with Crippen molar-refractivity contribution in [1.82, 2.24) is 14.9 Å². The molecule has 0 bridgehead atoms. The maximum atomic E-state index is 14.4. The number of aliphatic hydroxyl groups is 1. The van der Waals surface area contributed by atoms with E-state index in [1.54, 1.807) is 22.8 Å². The number of nitrogens with zero attached hydrogens (tertiary/aromatic N) is 2. The number of hydrogen-bond acceptors (Lipinski definition) is 5. The third kappa shape index (κ3) is 6.16. The molecule has 0 unspecified atom stereocenters. The molecule has 0 saturated carbocycles. The maximum Gasteiger partial charge on any atom is 0.265 e. The molecule has 6 nitrogen and oxygen atoms in total. The number of para-hydroxylation sites is 1. The van der Waals surface area contributed by atoms with Crippen molar-refractivity contribution in [2.45, 2.75) is 47.0 Å². The molecule has 0 fully saturated rings. The first kappa shape index (κ1) is 28.7. The first-order chi connectivity index (χ1) is 18.8. The molecule has 8 heteroatoms. The lowest BCUT2D eigenvalue weighted by Crippen LogP contribution is -2.33. The van der Waals surface area contributed by atoms with E-state index >= 15 is 0 Å². The van der Waals surface area contributed by atoms with Gasteiger partial charge in [0.05, 0.1) is 29.1 Å². The number of halogens is 1. The van der Waals surface area contributed by atoms with Gasteiger partial charge in [0, 0.05) is 28.2 Å². The van der Waals surface area contributed by atoms with Gasteiger partial charge >= 0.3 is 0 Å². The molecule has 1 amide bonds. The maximum absolute atomic E-state index is 14.4. The van der Waals surface area contributed by atoms with E-state index in [-0.39, 0.29) is 30.5 Å². The summed E-state index contributed by atoms with van der Waals surface area (Å²) in [5.41, 5.74) is 5.81. The summed E-state index contributed by atoms with van der Waals surface area (Å²) in [7, 11) is 0. The molecule has 4 aromatic rings. The normalized spacial score (nSPS) is 11.3. The highest BCUT2D eigenvalue weighted by Crippen LogP contribution is 2.31. The Bertz CT molecular complexity index is 1500. The Hall–Kier alpha value is -3.26. The Kier molecular flexibility index (Phi) is 9.38. The monoisotopic (exact) mass is 563 g/mol. The van der Waals surface area contributed by atoms with Crippen LogP contribution in [0, 0.1) is 5.92 Å². The lowest BCUT2D eigenvalue weighted by atomic mass is 9.97. The van der Waals surface area contributed by atoms with Gasteiger partial charge in [0.15, 0.2) is 0 Å². The molecule has 0 aliphatic heterocycles. The minimum absolute atomic E-state index is 0.123. The third-order valence-corrected chi connectivity index (χ3v) is 7.74. The summed E-state index contributed by atoms with van der Waals surface area (Å²) in [4.78, 5) is 32.7. The third-order valence-electron chi connectivity index (χ3n) is 6.61. The summed E-state index contributed by atoms with van der Waals surface area (Å²) in [5.74, 6) is -0.127. The van der Waals surface area contributed by atoms with Crippen molar-refractivity contribution < 1.29 is 9.90 Å². The van der Waals surface area contributed by atoms with Crippen LogP contribution in [0.15, 0.2) is 58.7 Å². The van der Waals surface area contributed by atoms with Crippen molar-refractivity contribution in [2.75, 3.05) is 13.2 Å². The second-order valence-electron chi connectivity index (χ2n) is 9.81. The standard InChI is InChI=1S/C31H34ClN3O3S/c1-5-20-8-7-9-21(6-2)28(20)35-27(16-19(3)4)24(29(37)33-14-15-36)17-25(31(35)38)30-34-26(18-39-30)22-10-12-23(32)13-11-22/h7-13,17-19,36H,5-6,14-16H2,1-4H3,(H,33,37). The van der Waals surface area contributed by atoms with Crippen LogP contribution in [0.25, 0.3) is 27.5 Å². The highest BCUT2D eigenvalue weighted by molar-refractivity contribution is 7.13. The van der Waals surface area contributed by atoms with Crippen LogP contribution in [0.1, 0.15) is 54.9 Å². The summed E-state index contributed by atoms with van der Waals surface area (Å²) >= 11 is 7.43. The molecule has 204 valence electrons. The predicted molar refractivity (Wildman–Crippen MR) is 160 cm³/mol. The van der Waals surface area contributed by atoms with E-state index in [1.165, 1.54) is 11.3 Å². The van der Waals surface area contributed by atoms with Crippen LogP contribution >= 0.6 is 22.9 Å². The fraction of sp³-hybridized carbons (Fsp3) is 0.323. The molecule has 4 rings (SSSR count). The van der Waals surface area contributed by atoms with Gasteiger partial charge in [-0.2, -0.15) is 0 Å². The number of carbonyl (C=O) groups is 1. The van der Waals surface area contributed by atoms with Gasteiger partial charge in [-0.15, -0.1) is 11.3 Å². The summed E-state index contributed by atoms with van der Waals surface area (Å²) < 4.78 is 1.75. The molecule has 2 N–H and O–H groups in total. The fourth-order valence-corrected chi connectivity index (χ4v) is 5.71. The molecule has 2 aromatic heterocycles. The molecule has 2 aromatic carbocycles. The number of benzene rings is 2. The zero-order valence-corrected chi connectivity index (χ0v) is 24.3. The molecule has 39 heavy (non-hydrogen) atoms. The van der Waals surface area contributed by atoms with Crippen molar-refractivity contribution >= 4 is 28.8 Å². The number of pyridine rings is 1. The van der Waals surface area contributed by atoms with E-state index in [1.807, 2.05) is 35.7 Å². The fourth-order valence-electron chi connectivity index (χ4n) is 4.74. The highest BCUT2D eigenvalue weighted by atomic mass is 35.5. The van der Waals surface area contributed by atoms with Gasteiger partial charge in [-0.1, -0.05) is 69.6 Å². The van der Waals surface area contributed by atoms with E-state index in [9.17, 15) is 14.7 Å². The minimum atomic E-state index is -0.323. The molecule has 2 heterocycles. The van der Waals surface area contributed by atoms with E-state index in [0.29, 0.717) is 33.3 Å². The summed E-state index contributed by atoms with van der Waals surface area (Å²) in [6.45, 7) is 8.24. The lowest BCUT2D eigenvalue weighted by Gasteiger charge is -2.23. The van der Waals surface area contributed by atoms with Gasteiger partial charge in [-0.25, -0.2) is 4.98 Å². The van der Waals surface area contributed by atoms with Crippen molar-refractivity contribution in [3.05, 3.63) is 91.7 Å². The number of nitrogens with one attached hydrogen (secondary N) is 1. The SMILES string of the molecule is CCc1cccc(CC)c1-n1c(CC(C)C)c(C(=O)NCCO)cc(-c2nc(-c3ccc(Cl)cc3)cs2)c1=O. The molecule has 0 aliphatic rings. The van der Waals surface area contributed by atoms with Crippen molar-refractivity contribution in [1.29, 1.82) is 0 Å². The Morgan fingerprint density at radius 2 is 1.77 bits per heavy atom. The van der Waals surface area contributed by atoms with Gasteiger partial charge in [-0.05, 0) is 54.5 Å². The molecule has 0 saturated heterocycles. The number of aryl methyl sites for hydroxylation is 2. The number of aromatic nitrogens is 2. The van der Waals surface area contributed by atoms with Gasteiger partial charge in [0.1, 0.15) is 5.01 Å². The smallest absolute Gasteiger partial charge is 0.265 e. The summed E-state index contributed by atoms with van der Waals surface area (Å²) in [5, 5.41) is 15.2. The zero-order valence-electron chi connectivity index (χ0n) is 22.8. The topological polar surface area (TPSA) is 84.2 Å². The molecule has 0 atom stereocenters. The van der Waals surface area contributed by atoms with Crippen LogP contribution in [0.2, 0.25) is 5.02 Å². The predicted octanol–water partition coefficient (Wildman–Crippen LogP) is 6.33. The van der Waals surface area contributed by atoms with E-state index in [0.717, 1.165) is 40.9 Å². The van der Waals surface area contributed by atoms with Gasteiger partial charge in [0.25, 0.3) is 11.5 Å². The van der Waals surface area contributed by atoms with Gasteiger partial charge in [0.2, 0.25) is 0 Å². The van der Waals surface area contributed by atoms with Crippen molar-refractivity contribution in [2.24, 2.45) is 5.92 Å². The van der Waals surface area contributed by atoms with Gasteiger partial charge < -0.3 is 10.4 Å². The van der Waals surface area contributed by atoms with Crippen LogP contribution in [0.4, 0.5) is 0 Å². The molecule has 0 aliphatic carbocycles. The Morgan fingerprint density at radius 1 is 1.10 bits per heavy atom. The molecule has 0 radical (unpaired) electrons. The lowest BCUT2D eigenvalue weighted by molar-refractivity contribution is 0.0943. The Labute approximate surface area is 238 Å². The number of thiazole rings is 1. The van der Waals surface area contributed by atoms with Crippen molar-refractivity contribution in [3.8, 4) is 27.5 Å². The number of aliphatic hydroxyl groups excluding tert-OH is 1. The van der Waals surface area contributed by atoms with Crippen LogP contribution in [-0.4, -0.2) is 33.7 Å². The first-order valence-electron chi connectivity index (χ1n) is 13.3. The number of rotatable bonds is 10. The Morgan fingerprint density at radius 3 is 2.36 bits per heavy atom.